The van der Waals surface area contributed by atoms with Gasteiger partial charge in [-0.3, -0.25) is 9.59 Å². The molecule has 1 heterocycles. The molecule has 2 rings (SSSR count). The molecule has 108 valence electrons. The lowest BCUT2D eigenvalue weighted by Crippen LogP contribution is -2.40. The number of hydrogen-bond acceptors (Lipinski definition) is 3. The van der Waals surface area contributed by atoms with E-state index in [0.29, 0.717) is 6.61 Å². The zero-order valence-electron chi connectivity index (χ0n) is 11.4. The summed E-state index contributed by atoms with van der Waals surface area (Å²) in [7, 11) is 0. The zero-order valence-corrected chi connectivity index (χ0v) is 11.4. The van der Waals surface area contributed by atoms with Crippen molar-refractivity contribution in [1.29, 1.82) is 0 Å². The molecular formula is C15H19NO4. The van der Waals surface area contributed by atoms with Gasteiger partial charge in [0.05, 0.1) is 12.5 Å². The molecule has 0 bridgehead atoms. The number of carbonyl (C=O) groups excluding carboxylic acids is 1. The predicted molar refractivity (Wildman–Crippen MR) is 73.1 cm³/mol. The maximum absolute atomic E-state index is 12.2. The number of benzene rings is 1. The predicted octanol–water partition coefficient (Wildman–Crippen LogP) is 1.74. The standard InChI is InChI=1S/C15H19NO4/c1-10-7-8-20-14(10)15(19)16-12(9-13(17)18)11-5-3-2-4-6-11/h2-6,10,12,14H,7-9H2,1H3,(H,16,19)(H,17,18). The summed E-state index contributed by atoms with van der Waals surface area (Å²) in [5.74, 6) is -1.01. The van der Waals surface area contributed by atoms with Crippen molar-refractivity contribution in [2.45, 2.75) is 31.9 Å². The number of carboxylic acids is 1. The molecular weight excluding hydrogens is 258 g/mol. The third-order valence-corrected chi connectivity index (χ3v) is 3.54. The van der Waals surface area contributed by atoms with E-state index in [-0.39, 0.29) is 18.2 Å². The second-order valence-electron chi connectivity index (χ2n) is 5.13. The Kier molecular flexibility index (Phi) is 4.74. The molecule has 3 unspecified atom stereocenters. The number of carbonyl (C=O) groups is 2. The van der Waals surface area contributed by atoms with Gasteiger partial charge in [0.15, 0.2) is 0 Å². The summed E-state index contributed by atoms with van der Waals surface area (Å²) in [5, 5.41) is 11.8. The largest absolute Gasteiger partial charge is 0.481 e. The fourth-order valence-corrected chi connectivity index (χ4v) is 2.40. The van der Waals surface area contributed by atoms with Crippen LogP contribution in [0.15, 0.2) is 30.3 Å². The van der Waals surface area contributed by atoms with E-state index in [1.807, 2.05) is 37.3 Å². The zero-order chi connectivity index (χ0) is 14.5. The van der Waals surface area contributed by atoms with Gasteiger partial charge in [-0.05, 0) is 17.9 Å². The van der Waals surface area contributed by atoms with E-state index in [9.17, 15) is 9.59 Å². The van der Waals surface area contributed by atoms with E-state index < -0.39 is 18.1 Å². The first-order chi connectivity index (χ1) is 9.58. The van der Waals surface area contributed by atoms with E-state index in [4.69, 9.17) is 9.84 Å². The van der Waals surface area contributed by atoms with Gasteiger partial charge in [0.25, 0.3) is 0 Å². The van der Waals surface area contributed by atoms with Gasteiger partial charge >= 0.3 is 5.97 Å². The van der Waals surface area contributed by atoms with Crippen LogP contribution in [0.25, 0.3) is 0 Å². The van der Waals surface area contributed by atoms with Crippen LogP contribution in [-0.2, 0) is 14.3 Å². The fraction of sp³-hybridized carbons (Fsp3) is 0.467. The molecule has 5 nitrogen and oxygen atoms in total. The molecule has 1 aromatic carbocycles. The van der Waals surface area contributed by atoms with Crippen LogP contribution in [0.4, 0.5) is 0 Å². The number of nitrogens with one attached hydrogen (secondary N) is 1. The minimum absolute atomic E-state index is 0.142. The highest BCUT2D eigenvalue weighted by Gasteiger charge is 2.32. The molecule has 1 aliphatic rings. The Balaban J connectivity index is 2.08. The number of amides is 1. The average Bonchev–Trinajstić information content (AvgIpc) is 2.85. The third-order valence-electron chi connectivity index (χ3n) is 3.54. The first-order valence-corrected chi connectivity index (χ1v) is 6.76. The van der Waals surface area contributed by atoms with Crippen LogP contribution >= 0.6 is 0 Å². The molecule has 1 aromatic rings. The van der Waals surface area contributed by atoms with Gasteiger partial charge in [-0.25, -0.2) is 0 Å². The first kappa shape index (κ1) is 14.5. The van der Waals surface area contributed by atoms with Crippen molar-refractivity contribution in [2.75, 3.05) is 6.61 Å². The summed E-state index contributed by atoms with van der Waals surface area (Å²) in [6.07, 6.45) is 0.235. The number of hydrogen-bond donors (Lipinski definition) is 2. The molecule has 20 heavy (non-hydrogen) atoms. The second kappa shape index (κ2) is 6.52. The van der Waals surface area contributed by atoms with Gasteiger partial charge in [0, 0.05) is 6.61 Å². The van der Waals surface area contributed by atoms with E-state index in [1.165, 1.54) is 0 Å². The lowest BCUT2D eigenvalue weighted by atomic mass is 10.0. The van der Waals surface area contributed by atoms with Crippen molar-refractivity contribution in [3.05, 3.63) is 35.9 Å². The summed E-state index contributed by atoms with van der Waals surface area (Å²) in [6.45, 7) is 2.54. The maximum atomic E-state index is 12.2. The normalized spacial score (nSPS) is 23.2. The fourth-order valence-electron chi connectivity index (χ4n) is 2.40. The molecule has 0 spiro atoms. The molecule has 2 N–H and O–H groups in total. The number of rotatable bonds is 5. The van der Waals surface area contributed by atoms with Gasteiger partial charge in [-0.1, -0.05) is 37.3 Å². The highest BCUT2D eigenvalue weighted by molar-refractivity contribution is 5.82. The van der Waals surface area contributed by atoms with Crippen LogP contribution in [0.5, 0.6) is 0 Å². The Morgan fingerprint density at radius 2 is 2.10 bits per heavy atom. The van der Waals surface area contributed by atoms with Crippen LogP contribution in [0.2, 0.25) is 0 Å². The van der Waals surface area contributed by atoms with Crippen molar-refractivity contribution in [3.8, 4) is 0 Å². The summed E-state index contributed by atoms with van der Waals surface area (Å²) >= 11 is 0. The SMILES string of the molecule is CC1CCOC1C(=O)NC(CC(=O)O)c1ccccc1. The minimum Gasteiger partial charge on any atom is -0.481 e. The molecule has 5 heteroatoms. The van der Waals surface area contributed by atoms with Crippen molar-refractivity contribution in [3.63, 3.8) is 0 Å². The van der Waals surface area contributed by atoms with E-state index in [0.717, 1.165) is 12.0 Å². The van der Waals surface area contributed by atoms with E-state index in [2.05, 4.69) is 5.32 Å². The van der Waals surface area contributed by atoms with Crippen LogP contribution < -0.4 is 5.32 Å². The van der Waals surface area contributed by atoms with Crippen molar-refractivity contribution in [2.24, 2.45) is 5.92 Å². The summed E-state index contributed by atoms with van der Waals surface area (Å²) < 4.78 is 5.41. The molecule has 1 amide bonds. The van der Waals surface area contributed by atoms with Gasteiger partial charge in [0.2, 0.25) is 5.91 Å². The lowest BCUT2D eigenvalue weighted by Gasteiger charge is -2.21. The van der Waals surface area contributed by atoms with E-state index in [1.54, 1.807) is 0 Å². The van der Waals surface area contributed by atoms with Crippen LogP contribution in [0.3, 0.4) is 0 Å². The van der Waals surface area contributed by atoms with Crippen molar-refractivity contribution < 1.29 is 19.4 Å². The Morgan fingerprint density at radius 3 is 2.65 bits per heavy atom. The monoisotopic (exact) mass is 277 g/mol. The van der Waals surface area contributed by atoms with Crippen molar-refractivity contribution >= 4 is 11.9 Å². The highest BCUT2D eigenvalue weighted by Crippen LogP contribution is 2.22. The van der Waals surface area contributed by atoms with Crippen molar-refractivity contribution in [1.82, 2.24) is 5.32 Å². The Hall–Kier alpha value is -1.88. The highest BCUT2D eigenvalue weighted by atomic mass is 16.5. The molecule has 1 aliphatic heterocycles. The smallest absolute Gasteiger partial charge is 0.305 e. The summed E-state index contributed by atoms with van der Waals surface area (Å²) in [5.41, 5.74) is 0.786. The molecule has 0 aliphatic carbocycles. The van der Waals surface area contributed by atoms with Gasteiger partial charge in [-0.15, -0.1) is 0 Å². The van der Waals surface area contributed by atoms with Crippen LogP contribution in [0.1, 0.15) is 31.4 Å². The molecule has 0 radical (unpaired) electrons. The van der Waals surface area contributed by atoms with Crippen LogP contribution in [-0.4, -0.2) is 29.7 Å². The van der Waals surface area contributed by atoms with Gasteiger partial charge < -0.3 is 15.2 Å². The molecule has 3 atom stereocenters. The van der Waals surface area contributed by atoms with E-state index >= 15 is 0 Å². The Morgan fingerprint density at radius 1 is 1.40 bits per heavy atom. The minimum atomic E-state index is -0.945. The molecule has 1 saturated heterocycles. The second-order valence-corrected chi connectivity index (χ2v) is 5.13. The third kappa shape index (κ3) is 3.57. The van der Waals surface area contributed by atoms with Crippen LogP contribution in [0, 0.1) is 5.92 Å². The quantitative estimate of drug-likeness (QED) is 0.859. The first-order valence-electron chi connectivity index (χ1n) is 6.76. The molecule has 0 saturated carbocycles. The molecule has 1 fully saturated rings. The lowest BCUT2D eigenvalue weighted by molar-refractivity contribution is -0.138. The number of carboxylic acid groups (broad SMARTS) is 1. The summed E-state index contributed by atoms with van der Waals surface area (Å²) in [6, 6.07) is 8.60. The topological polar surface area (TPSA) is 75.6 Å². The number of ether oxygens (including phenoxy) is 1. The van der Waals surface area contributed by atoms with Gasteiger partial charge in [0.1, 0.15) is 6.10 Å². The maximum Gasteiger partial charge on any atom is 0.305 e. The Bertz CT molecular complexity index is 474. The Labute approximate surface area is 117 Å². The number of aliphatic carboxylic acids is 1. The average molecular weight is 277 g/mol. The molecule has 0 aromatic heterocycles. The van der Waals surface area contributed by atoms with Gasteiger partial charge in [-0.2, -0.15) is 0 Å². The summed E-state index contributed by atoms with van der Waals surface area (Å²) in [4.78, 5) is 23.2.